The molecule has 0 spiro atoms. The van der Waals surface area contributed by atoms with E-state index < -0.39 is 12.0 Å². The maximum atomic E-state index is 14.1. The second kappa shape index (κ2) is 11.6. The number of amides is 1. The van der Waals surface area contributed by atoms with Gasteiger partial charge in [0, 0.05) is 27.8 Å². The summed E-state index contributed by atoms with van der Waals surface area (Å²) in [5.41, 5.74) is 5.43. The van der Waals surface area contributed by atoms with Crippen LogP contribution in [0.2, 0.25) is 5.02 Å². The zero-order valence-corrected chi connectivity index (χ0v) is 25.6. The van der Waals surface area contributed by atoms with Gasteiger partial charge in [-0.15, -0.1) is 0 Å². The summed E-state index contributed by atoms with van der Waals surface area (Å²) in [4.78, 5) is 44.6. The van der Waals surface area contributed by atoms with Crippen LogP contribution in [0.1, 0.15) is 45.8 Å². The molecule has 0 radical (unpaired) electrons. The normalized spacial score (nSPS) is 14.7. The molecular weight excluding hydrogens is 596 g/mol. The molecule has 1 aliphatic heterocycles. The van der Waals surface area contributed by atoms with Gasteiger partial charge >= 0.3 is 5.97 Å². The number of halogens is 1. The van der Waals surface area contributed by atoms with Crippen molar-refractivity contribution in [1.82, 2.24) is 9.13 Å². The second-order valence-corrected chi connectivity index (χ2v) is 11.9. The smallest absolute Gasteiger partial charge is 0.335 e. The van der Waals surface area contributed by atoms with E-state index in [1.54, 1.807) is 54.0 Å². The fourth-order valence-electron chi connectivity index (χ4n) is 5.54. The Morgan fingerprint density at radius 2 is 1.70 bits per heavy atom. The Hall–Kier alpha value is -4.99. The molecule has 10 heteroatoms. The van der Waals surface area contributed by atoms with Crippen molar-refractivity contribution < 1.29 is 14.7 Å². The number of hydrogen-bond acceptors (Lipinski definition) is 5. The number of carbonyl (C=O) groups is 2. The SMILES string of the molecule is CC1=C(C(=O)Nc2ccccc2)[C@@H](c2ccc(Cl)cc2)n2c(s/c(=C\c3cc(C)n(-c4cccc(C(=O)O)c4)c3C)c2=O)=N1. The summed E-state index contributed by atoms with van der Waals surface area (Å²) in [5, 5.41) is 13.0. The first-order valence-corrected chi connectivity index (χ1v) is 15.0. The van der Waals surface area contributed by atoms with Gasteiger partial charge in [0.05, 0.1) is 27.4 Å². The molecule has 3 heterocycles. The van der Waals surface area contributed by atoms with Crippen LogP contribution in [-0.4, -0.2) is 26.1 Å². The third kappa shape index (κ3) is 5.32. The number of aryl methyl sites for hydroxylation is 1. The van der Waals surface area contributed by atoms with Crippen LogP contribution in [0.25, 0.3) is 11.8 Å². The molecule has 8 nitrogen and oxygen atoms in total. The third-order valence-electron chi connectivity index (χ3n) is 7.59. The lowest BCUT2D eigenvalue weighted by Crippen LogP contribution is -2.40. The highest BCUT2D eigenvalue weighted by Crippen LogP contribution is 2.31. The fourth-order valence-corrected chi connectivity index (χ4v) is 6.71. The molecule has 1 atom stereocenters. The van der Waals surface area contributed by atoms with Crippen LogP contribution in [0.3, 0.4) is 0 Å². The lowest BCUT2D eigenvalue weighted by molar-refractivity contribution is -0.113. The van der Waals surface area contributed by atoms with Crippen LogP contribution >= 0.6 is 22.9 Å². The van der Waals surface area contributed by atoms with Crippen molar-refractivity contribution in [3.8, 4) is 5.69 Å². The predicted octanol–water partition coefficient (Wildman–Crippen LogP) is 5.63. The molecule has 2 N–H and O–H groups in total. The minimum atomic E-state index is -1.00. The zero-order valence-electron chi connectivity index (χ0n) is 24.0. The molecule has 1 amide bonds. The molecule has 2 aromatic heterocycles. The number of carboxylic acids is 1. The molecule has 0 bridgehead atoms. The van der Waals surface area contributed by atoms with E-state index in [4.69, 9.17) is 16.6 Å². The van der Waals surface area contributed by atoms with E-state index in [9.17, 15) is 19.5 Å². The predicted molar refractivity (Wildman–Crippen MR) is 172 cm³/mol. The van der Waals surface area contributed by atoms with E-state index in [0.29, 0.717) is 37.0 Å². The molecule has 44 heavy (non-hydrogen) atoms. The minimum Gasteiger partial charge on any atom is -0.478 e. The van der Waals surface area contributed by atoms with Crippen LogP contribution in [0, 0.1) is 13.8 Å². The maximum absolute atomic E-state index is 14.1. The molecule has 0 unspecified atom stereocenters. The molecule has 0 saturated heterocycles. The summed E-state index contributed by atoms with van der Waals surface area (Å²) in [6.45, 7) is 5.63. The van der Waals surface area contributed by atoms with Gasteiger partial charge in [0.2, 0.25) is 0 Å². The van der Waals surface area contributed by atoms with Gasteiger partial charge in [-0.1, -0.05) is 59.3 Å². The minimum absolute atomic E-state index is 0.189. The van der Waals surface area contributed by atoms with Gasteiger partial charge in [0.15, 0.2) is 4.80 Å². The monoisotopic (exact) mass is 622 g/mol. The van der Waals surface area contributed by atoms with E-state index in [1.165, 1.54) is 11.3 Å². The zero-order chi connectivity index (χ0) is 31.1. The van der Waals surface area contributed by atoms with Gasteiger partial charge in [0.25, 0.3) is 11.5 Å². The number of aromatic carboxylic acids is 1. The first-order chi connectivity index (χ1) is 21.1. The van der Waals surface area contributed by atoms with E-state index in [-0.39, 0.29) is 17.0 Å². The first-order valence-electron chi connectivity index (χ1n) is 13.8. The van der Waals surface area contributed by atoms with Crippen LogP contribution in [-0.2, 0) is 4.79 Å². The number of thiazole rings is 1. The number of hydrogen-bond donors (Lipinski definition) is 2. The number of nitrogens with zero attached hydrogens (tertiary/aromatic N) is 3. The van der Waals surface area contributed by atoms with Gasteiger partial charge in [0.1, 0.15) is 0 Å². The summed E-state index contributed by atoms with van der Waals surface area (Å²) < 4.78 is 3.99. The van der Waals surface area contributed by atoms with Crippen molar-refractivity contribution in [2.24, 2.45) is 4.99 Å². The number of anilines is 1. The summed E-state index contributed by atoms with van der Waals surface area (Å²) in [6, 6.07) is 24.2. The number of carboxylic acid groups (broad SMARTS) is 1. The lowest BCUT2D eigenvalue weighted by Gasteiger charge is -2.25. The number of rotatable bonds is 6. The number of para-hydroxylation sites is 1. The molecule has 220 valence electrons. The maximum Gasteiger partial charge on any atom is 0.335 e. The molecule has 1 aliphatic rings. The van der Waals surface area contributed by atoms with Gasteiger partial charge in [-0.2, -0.15) is 0 Å². The van der Waals surface area contributed by atoms with Crippen molar-refractivity contribution in [3.63, 3.8) is 0 Å². The van der Waals surface area contributed by atoms with Crippen LogP contribution in [0.4, 0.5) is 5.69 Å². The largest absolute Gasteiger partial charge is 0.478 e. The van der Waals surface area contributed by atoms with Gasteiger partial charge in [-0.3, -0.25) is 14.2 Å². The number of carbonyl (C=O) groups excluding carboxylic acids is 1. The second-order valence-electron chi connectivity index (χ2n) is 10.5. The Balaban J connectivity index is 1.48. The molecule has 5 aromatic rings. The number of benzene rings is 3. The van der Waals surface area contributed by atoms with Crippen LogP contribution in [0.5, 0.6) is 0 Å². The summed E-state index contributed by atoms with van der Waals surface area (Å²) >= 11 is 7.45. The number of allylic oxidation sites excluding steroid dienone is 1. The Morgan fingerprint density at radius 1 is 0.977 bits per heavy atom. The number of nitrogens with one attached hydrogen (secondary N) is 1. The average Bonchev–Trinajstić information content (AvgIpc) is 3.46. The molecule has 0 aliphatic carbocycles. The highest BCUT2D eigenvalue weighted by Gasteiger charge is 2.32. The van der Waals surface area contributed by atoms with Gasteiger partial charge < -0.3 is 15.0 Å². The summed E-state index contributed by atoms with van der Waals surface area (Å²) in [6.07, 6.45) is 1.83. The Morgan fingerprint density at radius 3 is 2.41 bits per heavy atom. The topological polar surface area (TPSA) is 106 Å². The Kier molecular flexibility index (Phi) is 7.67. The van der Waals surface area contributed by atoms with E-state index in [0.717, 1.165) is 22.5 Å². The van der Waals surface area contributed by atoms with Crippen molar-refractivity contribution in [1.29, 1.82) is 0 Å². The molecule has 3 aromatic carbocycles. The molecular formula is C34H27ClN4O4S. The highest BCUT2D eigenvalue weighted by molar-refractivity contribution is 7.07. The van der Waals surface area contributed by atoms with E-state index >= 15 is 0 Å². The van der Waals surface area contributed by atoms with Gasteiger partial charge in [-0.25, -0.2) is 9.79 Å². The number of fused-ring (bicyclic) bond motifs is 1. The van der Waals surface area contributed by atoms with Crippen LogP contribution in [0.15, 0.2) is 106 Å². The first kappa shape index (κ1) is 29.1. The standard InChI is InChI=1S/C34H27ClN4O4S/c1-19-16-24(21(3)38(19)27-11-7-8-23(17-27)33(42)43)18-28-32(41)39-30(22-12-14-25(35)15-13-22)29(20(2)36-34(39)44-28)31(40)37-26-9-5-4-6-10-26/h4-18,30H,1-3H3,(H,37,40)(H,42,43)/b28-18-/t30-/m1/s1. The van der Waals surface area contributed by atoms with Crippen molar-refractivity contribution in [2.75, 3.05) is 5.32 Å². The highest BCUT2D eigenvalue weighted by atomic mass is 35.5. The van der Waals surface area contributed by atoms with Crippen molar-refractivity contribution >= 4 is 46.6 Å². The molecule has 6 rings (SSSR count). The Bertz CT molecular complexity index is 2160. The quantitative estimate of drug-likeness (QED) is 0.256. The van der Waals surface area contributed by atoms with E-state index in [2.05, 4.69) is 5.32 Å². The van der Waals surface area contributed by atoms with Crippen LogP contribution < -0.4 is 20.2 Å². The average molecular weight is 623 g/mol. The summed E-state index contributed by atoms with van der Waals surface area (Å²) in [7, 11) is 0. The Labute approximate surface area is 261 Å². The van der Waals surface area contributed by atoms with E-state index in [1.807, 2.05) is 67.0 Å². The van der Waals surface area contributed by atoms with Crippen molar-refractivity contribution in [2.45, 2.75) is 26.8 Å². The number of aromatic nitrogens is 2. The summed E-state index contributed by atoms with van der Waals surface area (Å²) in [5.74, 6) is -1.35. The fraction of sp³-hybridized carbons (Fsp3) is 0.118. The molecule has 0 fully saturated rings. The third-order valence-corrected chi connectivity index (χ3v) is 8.83. The molecule has 0 saturated carbocycles. The lowest BCUT2D eigenvalue weighted by atomic mass is 9.95. The van der Waals surface area contributed by atoms with Crippen molar-refractivity contribution in [3.05, 3.63) is 149 Å². The van der Waals surface area contributed by atoms with Gasteiger partial charge in [-0.05, 0) is 86.5 Å².